The molecule has 9 aromatic rings. The molecule has 0 aliphatic carbocycles. The van der Waals surface area contributed by atoms with Crippen molar-refractivity contribution in [3.05, 3.63) is 191 Å². The zero-order valence-corrected chi connectivity index (χ0v) is 46.3. The van der Waals surface area contributed by atoms with Crippen LogP contribution in [0.15, 0.2) is 152 Å². The number of benzene rings is 7. The van der Waals surface area contributed by atoms with Crippen LogP contribution in [0.2, 0.25) is 0 Å². The van der Waals surface area contributed by atoms with Gasteiger partial charge in [-0.2, -0.15) is 0 Å². The van der Waals surface area contributed by atoms with Crippen LogP contribution in [0.3, 0.4) is 0 Å². The third-order valence-electron chi connectivity index (χ3n) is 13.8. The Morgan fingerprint density at radius 3 is 1.76 bits per heavy atom. The number of para-hydroxylation sites is 1. The number of nitrogens with zero attached hydrogens (tertiary/aromatic N) is 3. The van der Waals surface area contributed by atoms with E-state index < -0.39 is 18.6 Å². The fourth-order valence-corrected chi connectivity index (χ4v) is 9.43. The molecule has 7 aromatic carbocycles. The molecule has 0 saturated heterocycles. The Labute approximate surface area is 451 Å². The second kappa shape index (κ2) is 19.9. The van der Waals surface area contributed by atoms with E-state index in [-0.39, 0.29) is 48.6 Å². The van der Waals surface area contributed by atoms with Gasteiger partial charge in [-0.25, -0.2) is 4.98 Å². The van der Waals surface area contributed by atoms with Crippen LogP contribution >= 0.6 is 0 Å². The van der Waals surface area contributed by atoms with Crippen LogP contribution in [-0.4, -0.2) is 19.6 Å². The van der Waals surface area contributed by atoms with Gasteiger partial charge in [-0.05, 0) is 121 Å². The maximum atomic E-state index is 12.6. The van der Waals surface area contributed by atoms with Crippen LogP contribution in [0.1, 0.15) is 142 Å². The van der Waals surface area contributed by atoms with Gasteiger partial charge in [0.2, 0.25) is 0 Å². The minimum absolute atomic E-state index is 0. The number of fused-ring (bicyclic) bond motifs is 1. The molecule has 1 N–H and O–H groups in total. The minimum Gasteiger partial charge on any atom is -0.507 e. The van der Waals surface area contributed by atoms with Crippen molar-refractivity contribution >= 4 is 11.0 Å². The van der Waals surface area contributed by atoms with Gasteiger partial charge in [0.1, 0.15) is 11.6 Å². The molecule has 0 radical (unpaired) electrons. The molecule has 5 heteroatoms. The van der Waals surface area contributed by atoms with Gasteiger partial charge in [-0.1, -0.05) is 204 Å². The van der Waals surface area contributed by atoms with Crippen molar-refractivity contribution in [1.29, 1.82) is 0 Å². The number of pyridine rings is 1. The Hall–Kier alpha value is -6.35. The van der Waals surface area contributed by atoms with E-state index in [0.717, 1.165) is 55.8 Å². The van der Waals surface area contributed by atoms with Gasteiger partial charge in [0, 0.05) is 45.4 Å². The summed E-state index contributed by atoms with van der Waals surface area (Å²) in [4.78, 5) is 10.5. The number of phenolic OH excluding ortho intramolecular Hbond substituents is 1. The average molecular weight is 1130 g/mol. The molecule has 2 heterocycles. The van der Waals surface area contributed by atoms with Gasteiger partial charge in [-0.3, -0.25) is 9.55 Å². The topological polar surface area (TPSA) is 50.9 Å². The van der Waals surface area contributed by atoms with Crippen molar-refractivity contribution < 1.29 is 33.0 Å². The summed E-state index contributed by atoms with van der Waals surface area (Å²) in [5.41, 5.74) is 14.6. The zero-order chi connectivity index (χ0) is 55.1. The van der Waals surface area contributed by atoms with E-state index in [1.807, 2.05) is 77.5 Å². The summed E-state index contributed by atoms with van der Waals surface area (Å²) in [7, 11) is 0. The molecule has 370 valence electrons. The van der Waals surface area contributed by atoms with Gasteiger partial charge in [0.05, 0.1) is 22.3 Å². The first-order valence-electron chi connectivity index (χ1n) is 27.3. The predicted octanol–water partition coefficient (Wildman–Crippen LogP) is 18.4. The molecule has 0 fully saturated rings. The Balaban J connectivity index is 0.00000784. The second-order valence-corrected chi connectivity index (χ2v) is 22.7. The van der Waals surface area contributed by atoms with Crippen molar-refractivity contribution in [1.82, 2.24) is 14.5 Å². The molecule has 0 atom stereocenters. The molecule has 72 heavy (non-hydrogen) atoms. The van der Waals surface area contributed by atoms with Crippen LogP contribution in [0, 0.1) is 12.9 Å². The van der Waals surface area contributed by atoms with E-state index >= 15 is 0 Å². The molecule has 0 saturated carbocycles. The third kappa shape index (κ3) is 10.3. The number of aromatic nitrogens is 3. The maximum absolute atomic E-state index is 12.6. The number of imidazole rings is 1. The summed E-state index contributed by atoms with van der Waals surface area (Å²) in [6, 6.07) is 52.3. The number of aryl methyl sites for hydroxylation is 1. The quantitative estimate of drug-likeness (QED) is 0.147. The first-order chi connectivity index (χ1) is 35.4. The molecular weight excluding hydrogens is 1060 g/mol. The minimum atomic E-state index is -2.49. The summed E-state index contributed by atoms with van der Waals surface area (Å²) in [5, 5.41) is 12.6. The van der Waals surface area contributed by atoms with Gasteiger partial charge in [0.15, 0.2) is 0 Å². The summed E-state index contributed by atoms with van der Waals surface area (Å²) in [5.74, 6) is -2.13. The number of rotatable bonds is 9. The van der Waals surface area contributed by atoms with E-state index in [4.69, 9.17) is 14.1 Å². The van der Waals surface area contributed by atoms with Crippen LogP contribution in [0.4, 0.5) is 0 Å². The normalized spacial score (nSPS) is 13.7. The van der Waals surface area contributed by atoms with Crippen LogP contribution in [-0.2, 0) is 37.3 Å². The van der Waals surface area contributed by atoms with E-state index in [0.29, 0.717) is 50.4 Å². The van der Waals surface area contributed by atoms with Crippen molar-refractivity contribution in [2.24, 2.45) is 0 Å². The van der Waals surface area contributed by atoms with Gasteiger partial charge >= 0.3 is 0 Å². The van der Waals surface area contributed by atoms with Crippen molar-refractivity contribution in [3.8, 4) is 78.6 Å². The van der Waals surface area contributed by atoms with E-state index in [1.165, 1.54) is 5.56 Å². The molecule has 2 aromatic heterocycles. The van der Waals surface area contributed by atoms with Crippen LogP contribution < -0.4 is 0 Å². The number of phenols is 1. The van der Waals surface area contributed by atoms with E-state index in [2.05, 4.69) is 135 Å². The fraction of sp³-hybridized carbons (Fsp3) is 0.284. The standard InChI is InChI=1S/C67H70N3O.Pt/c1-41(2)48-37-55(42(3)4)63(71)58(38-48)64-69-62-54(49-34-50(36-53(35-49)67(12,13)14)59-39-47(31-32-68-59)44-23-27-51(28-24-44)65(6,7)8)21-18-22-60(62)70(64)61-40-56(45-19-16-15-17-20-45)43(5)33-57(61)46-25-29-52(30-26-46)66(9,10)11;/h15-33,35-42,71H,1-14H3;/q-1;/i5D3,41D,42D;. The van der Waals surface area contributed by atoms with E-state index in [1.54, 1.807) is 39.8 Å². The molecule has 0 spiro atoms. The summed E-state index contributed by atoms with van der Waals surface area (Å²) >= 11 is 0. The Morgan fingerprint density at radius 2 is 1.17 bits per heavy atom. The third-order valence-corrected chi connectivity index (χ3v) is 13.8. The monoisotopic (exact) mass is 1130 g/mol. The average Bonchev–Trinajstić information content (AvgIpc) is 3.74. The van der Waals surface area contributed by atoms with Gasteiger partial charge in [0.25, 0.3) is 0 Å². The Morgan fingerprint density at radius 1 is 0.556 bits per heavy atom. The fourth-order valence-electron chi connectivity index (χ4n) is 9.43. The first kappa shape index (κ1) is 45.5. The molecule has 0 unspecified atom stereocenters. The van der Waals surface area contributed by atoms with Crippen molar-refractivity contribution in [2.45, 2.75) is 125 Å². The molecule has 9 rings (SSSR count). The van der Waals surface area contributed by atoms with E-state index in [9.17, 15) is 7.85 Å². The zero-order valence-electron chi connectivity index (χ0n) is 49.0. The smallest absolute Gasteiger partial charge is 0.148 e. The molecule has 0 amide bonds. The number of aromatic hydroxyl groups is 1. The second-order valence-electron chi connectivity index (χ2n) is 22.7. The van der Waals surface area contributed by atoms with Crippen molar-refractivity contribution in [2.75, 3.05) is 0 Å². The van der Waals surface area contributed by atoms with Gasteiger partial charge < -0.3 is 5.11 Å². The SMILES string of the molecule is [2H]C([2H])([2H])c1cc(-c2ccc(C(C)(C)C)cc2)c(-n2c(-c3cc(C([2H])(C)C)cc(C([2H])(C)C)c3O)nc3c(-c4[c-]c(-c5cc(-c6ccc(C(C)(C)C)cc6)ccn5)cc(C(C)(C)C)c4)cccc32)cc1-c1ccccc1.[Pt]. The summed E-state index contributed by atoms with van der Waals surface area (Å²) < 4.78 is 47.5. The van der Waals surface area contributed by atoms with Crippen LogP contribution in [0.5, 0.6) is 5.75 Å². The molecular formula is C67H70N3OPt-. The summed E-state index contributed by atoms with van der Waals surface area (Å²) in [6.07, 6.45) is 1.86. The number of hydrogen-bond donors (Lipinski definition) is 1. The maximum Gasteiger partial charge on any atom is 0.148 e. The Kier molecular flexibility index (Phi) is 12.6. The largest absolute Gasteiger partial charge is 0.507 e. The molecule has 4 nitrogen and oxygen atoms in total. The predicted molar refractivity (Wildman–Crippen MR) is 301 cm³/mol. The molecule has 0 aliphatic heterocycles. The molecule has 0 aliphatic rings. The summed E-state index contributed by atoms with van der Waals surface area (Å²) in [6.45, 7) is 24.3. The first-order valence-corrected chi connectivity index (χ1v) is 24.8. The van der Waals surface area contributed by atoms with Gasteiger partial charge in [-0.15, -0.1) is 29.3 Å². The van der Waals surface area contributed by atoms with Crippen LogP contribution in [0.25, 0.3) is 83.9 Å². The Bertz CT molecular complexity index is 3640. The van der Waals surface area contributed by atoms with Crippen molar-refractivity contribution in [3.63, 3.8) is 0 Å². The molecule has 0 bridgehead atoms. The number of hydrogen-bond acceptors (Lipinski definition) is 3.